The zero-order valence-electron chi connectivity index (χ0n) is 14.0. The van der Waals surface area contributed by atoms with Gasteiger partial charge in [-0.05, 0) is 41.6 Å². The molecule has 0 spiro atoms. The molecule has 0 saturated heterocycles. The van der Waals surface area contributed by atoms with Gasteiger partial charge in [0, 0.05) is 22.4 Å². The summed E-state index contributed by atoms with van der Waals surface area (Å²) in [6, 6.07) is 11.6. The molecule has 2 aromatic rings. The van der Waals surface area contributed by atoms with E-state index in [-0.39, 0.29) is 17.9 Å². The van der Waals surface area contributed by atoms with Gasteiger partial charge in [-0.2, -0.15) is 0 Å². The lowest BCUT2D eigenvalue weighted by atomic mass is 10.0. The largest absolute Gasteiger partial charge is 0.347 e. The van der Waals surface area contributed by atoms with E-state index in [4.69, 9.17) is 0 Å². The summed E-state index contributed by atoms with van der Waals surface area (Å²) >= 11 is 3.15. The molecule has 0 bridgehead atoms. The lowest BCUT2D eigenvalue weighted by molar-refractivity contribution is -0.119. The van der Waals surface area contributed by atoms with Crippen LogP contribution in [-0.2, 0) is 9.59 Å². The van der Waals surface area contributed by atoms with E-state index in [0.29, 0.717) is 11.7 Å². The van der Waals surface area contributed by atoms with E-state index < -0.39 is 0 Å². The third kappa shape index (κ3) is 5.69. The first kappa shape index (κ1) is 18.5. The maximum atomic E-state index is 12.3. The van der Waals surface area contributed by atoms with Gasteiger partial charge >= 0.3 is 0 Å². The monoisotopic (exact) mass is 362 g/mol. The molecule has 2 amide bonds. The van der Waals surface area contributed by atoms with Crippen LogP contribution in [0.15, 0.2) is 46.7 Å². The second kappa shape index (κ2) is 8.89. The highest BCUT2D eigenvalue weighted by Gasteiger charge is 2.19. The van der Waals surface area contributed by atoms with Gasteiger partial charge in [-0.1, -0.05) is 19.9 Å². The van der Waals surface area contributed by atoms with Gasteiger partial charge in [0.25, 0.3) is 0 Å². The maximum absolute atomic E-state index is 12.3. The van der Waals surface area contributed by atoms with E-state index in [1.54, 1.807) is 11.3 Å². The molecule has 128 valence electrons. The second-order valence-electron chi connectivity index (χ2n) is 5.80. The van der Waals surface area contributed by atoms with E-state index in [2.05, 4.69) is 30.5 Å². The Bertz CT molecular complexity index is 667. The topological polar surface area (TPSA) is 58.2 Å². The first-order valence-electron chi connectivity index (χ1n) is 7.79. The number of thiophene rings is 1. The van der Waals surface area contributed by atoms with Crippen LogP contribution in [0.4, 0.5) is 5.69 Å². The number of nitrogens with one attached hydrogen (secondary N) is 2. The summed E-state index contributed by atoms with van der Waals surface area (Å²) in [7, 11) is 0. The number of hydrogen-bond donors (Lipinski definition) is 2. The standard InChI is InChI=1S/C18H22N2O2S2/c1-12(2)18(16-5-4-10-23-16)20-17(22)11-24-15-8-6-14(7-9-15)19-13(3)21/h4-10,12,18H,11H2,1-3H3,(H,19,21)(H,20,22)/t18-/m1/s1. The molecule has 24 heavy (non-hydrogen) atoms. The van der Waals surface area contributed by atoms with E-state index in [1.165, 1.54) is 23.6 Å². The molecule has 0 aliphatic carbocycles. The van der Waals surface area contributed by atoms with Crippen molar-refractivity contribution in [1.82, 2.24) is 5.32 Å². The van der Waals surface area contributed by atoms with E-state index in [1.807, 2.05) is 35.7 Å². The number of carbonyl (C=O) groups excluding carboxylic acids is 2. The van der Waals surface area contributed by atoms with Crippen molar-refractivity contribution in [3.63, 3.8) is 0 Å². The van der Waals surface area contributed by atoms with Crippen molar-refractivity contribution < 1.29 is 9.59 Å². The van der Waals surface area contributed by atoms with Crippen LogP contribution < -0.4 is 10.6 Å². The third-order valence-electron chi connectivity index (χ3n) is 3.38. The van der Waals surface area contributed by atoms with Crippen molar-refractivity contribution in [2.75, 3.05) is 11.1 Å². The summed E-state index contributed by atoms with van der Waals surface area (Å²) in [5.41, 5.74) is 0.758. The minimum Gasteiger partial charge on any atom is -0.347 e. The normalized spacial score (nSPS) is 12.0. The van der Waals surface area contributed by atoms with Gasteiger partial charge in [0.2, 0.25) is 11.8 Å². The molecule has 0 aliphatic heterocycles. The third-order valence-corrected chi connectivity index (χ3v) is 5.34. The Balaban J connectivity index is 1.87. The van der Waals surface area contributed by atoms with Crippen molar-refractivity contribution in [2.24, 2.45) is 5.92 Å². The Labute approximate surface area is 151 Å². The van der Waals surface area contributed by atoms with Gasteiger partial charge in [-0.3, -0.25) is 9.59 Å². The summed E-state index contributed by atoms with van der Waals surface area (Å²) in [6.45, 7) is 5.70. The van der Waals surface area contributed by atoms with Crippen molar-refractivity contribution in [3.05, 3.63) is 46.7 Å². The Morgan fingerprint density at radius 2 is 1.88 bits per heavy atom. The van der Waals surface area contributed by atoms with E-state index in [9.17, 15) is 9.59 Å². The van der Waals surface area contributed by atoms with Crippen LogP contribution in [0, 0.1) is 5.92 Å². The van der Waals surface area contributed by atoms with Crippen molar-refractivity contribution in [2.45, 2.75) is 31.7 Å². The van der Waals surface area contributed by atoms with Crippen molar-refractivity contribution >= 4 is 40.6 Å². The van der Waals surface area contributed by atoms with Gasteiger partial charge in [-0.25, -0.2) is 0 Å². The first-order chi connectivity index (χ1) is 11.5. The van der Waals surface area contributed by atoms with Crippen LogP contribution in [0.3, 0.4) is 0 Å². The van der Waals surface area contributed by atoms with Crippen LogP contribution in [0.5, 0.6) is 0 Å². The van der Waals surface area contributed by atoms with Crippen molar-refractivity contribution in [3.8, 4) is 0 Å². The minimum atomic E-state index is -0.0944. The lowest BCUT2D eigenvalue weighted by Crippen LogP contribution is -2.32. The molecular formula is C18H22N2O2S2. The molecule has 0 aliphatic rings. The molecule has 4 nitrogen and oxygen atoms in total. The minimum absolute atomic E-state index is 0.0260. The highest BCUT2D eigenvalue weighted by molar-refractivity contribution is 8.00. The molecule has 6 heteroatoms. The summed E-state index contributed by atoms with van der Waals surface area (Å²) in [4.78, 5) is 25.4. The fourth-order valence-electron chi connectivity index (χ4n) is 2.24. The predicted molar refractivity (Wildman–Crippen MR) is 102 cm³/mol. The van der Waals surface area contributed by atoms with Gasteiger partial charge in [0.05, 0.1) is 11.8 Å². The highest BCUT2D eigenvalue weighted by atomic mass is 32.2. The highest BCUT2D eigenvalue weighted by Crippen LogP contribution is 2.26. The SMILES string of the molecule is CC(=O)Nc1ccc(SCC(=O)N[C@@H](c2cccs2)C(C)C)cc1. The Morgan fingerprint density at radius 3 is 2.42 bits per heavy atom. The molecule has 1 atom stereocenters. The van der Waals surface area contributed by atoms with E-state index >= 15 is 0 Å². The summed E-state index contributed by atoms with van der Waals surface area (Å²) in [6.07, 6.45) is 0. The van der Waals surface area contributed by atoms with Crippen LogP contribution in [0.2, 0.25) is 0 Å². The summed E-state index contributed by atoms with van der Waals surface area (Å²) in [5, 5.41) is 7.87. The van der Waals surface area contributed by atoms with Crippen LogP contribution >= 0.6 is 23.1 Å². The average Bonchev–Trinajstić information content (AvgIpc) is 3.05. The second-order valence-corrected chi connectivity index (χ2v) is 7.83. The maximum Gasteiger partial charge on any atom is 0.230 e. The molecule has 0 fully saturated rings. The number of carbonyl (C=O) groups is 2. The van der Waals surface area contributed by atoms with Gasteiger partial charge in [-0.15, -0.1) is 23.1 Å². The zero-order valence-corrected chi connectivity index (χ0v) is 15.7. The molecular weight excluding hydrogens is 340 g/mol. The number of thioether (sulfide) groups is 1. The van der Waals surface area contributed by atoms with Crippen LogP contribution in [0.25, 0.3) is 0 Å². The van der Waals surface area contributed by atoms with Crippen molar-refractivity contribution in [1.29, 1.82) is 0 Å². The number of anilines is 1. The first-order valence-corrected chi connectivity index (χ1v) is 9.65. The van der Waals surface area contributed by atoms with Gasteiger partial charge in [0.1, 0.15) is 0 Å². The molecule has 0 radical (unpaired) electrons. The fraction of sp³-hybridized carbons (Fsp3) is 0.333. The average molecular weight is 363 g/mol. The lowest BCUT2D eigenvalue weighted by Gasteiger charge is -2.21. The Morgan fingerprint density at radius 1 is 1.17 bits per heavy atom. The number of amides is 2. The Kier molecular flexibility index (Phi) is 6.87. The smallest absolute Gasteiger partial charge is 0.230 e. The Hall–Kier alpha value is -1.79. The quantitative estimate of drug-likeness (QED) is 0.722. The zero-order chi connectivity index (χ0) is 17.5. The molecule has 0 unspecified atom stereocenters. The summed E-state index contributed by atoms with van der Waals surface area (Å²) < 4.78 is 0. The van der Waals surface area contributed by atoms with Crippen LogP contribution in [-0.4, -0.2) is 17.6 Å². The predicted octanol–water partition coefficient (Wildman–Crippen LogP) is 4.31. The molecule has 1 heterocycles. The molecule has 2 N–H and O–H groups in total. The van der Waals surface area contributed by atoms with E-state index in [0.717, 1.165) is 10.6 Å². The molecule has 0 saturated carbocycles. The summed E-state index contributed by atoms with van der Waals surface area (Å²) in [5.74, 6) is 0.643. The fourth-order valence-corrected chi connectivity index (χ4v) is 3.90. The van der Waals surface area contributed by atoms with Gasteiger partial charge < -0.3 is 10.6 Å². The van der Waals surface area contributed by atoms with Gasteiger partial charge in [0.15, 0.2) is 0 Å². The number of benzene rings is 1. The number of hydrogen-bond acceptors (Lipinski definition) is 4. The molecule has 1 aromatic heterocycles. The number of rotatable bonds is 7. The van der Waals surface area contributed by atoms with Crippen LogP contribution in [0.1, 0.15) is 31.7 Å². The molecule has 2 rings (SSSR count). The molecule has 1 aromatic carbocycles.